The molecule has 0 bridgehead atoms. The first-order chi connectivity index (χ1) is 12.2. The number of H-pyrrole nitrogens is 1. The van der Waals surface area contributed by atoms with E-state index in [9.17, 15) is 4.79 Å². The van der Waals surface area contributed by atoms with E-state index in [4.69, 9.17) is 4.74 Å². The number of nitrogens with zero attached hydrogens (tertiary/aromatic N) is 2. The van der Waals surface area contributed by atoms with Crippen LogP contribution in [0.4, 0.5) is 5.69 Å². The number of fused-ring (bicyclic) bond motifs is 1. The van der Waals surface area contributed by atoms with Gasteiger partial charge in [0, 0.05) is 24.3 Å². The average molecular weight is 336 g/mol. The summed E-state index contributed by atoms with van der Waals surface area (Å²) in [7, 11) is 2.09. The van der Waals surface area contributed by atoms with Crippen molar-refractivity contribution in [1.82, 2.24) is 14.9 Å². The third-order valence-corrected chi connectivity index (χ3v) is 4.47. The Bertz CT molecular complexity index is 905. The number of likely N-dealkylation sites (N-methyl/N-ethyl adjacent to an activating group) is 1. The highest BCUT2D eigenvalue weighted by Gasteiger charge is 2.19. The van der Waals surface area contributed by atoms with Crippen molar-refractivity contribution >= 4 is 22.6 Å². The molecule has 6 nitrogen and oxygen atoms in total. The molecule has 0 radical (unpaired) electrons. The number of benzene rings is 2. The predicted molar refractivity (Wildman–Crippen MR) is 96.7 cm³/mol. The number of carbonyl (C=O) groups excluding carboxylic acids is 1. The zero-order valence-electron chi connectivity index (χ0n) is 14.0. The first-order valence-electron chi connectivity index (χ1n) is 8.33. The van der Waals surface area contributed by atoms with E-state index in [2.05, 4.69) is 27.2 Å². The van der Waals surface area contributed by atoms with Crippen LogP contribution < -0.4 is 5.32 Å². The number of carbonyl (C=O) groups is 1. The molecule has 128 valence electrons. The van der Waals surface area contributed by atoms with Gasteiger partial charge in [-0.2, -0.15) is 0 Å². The van der Waals surface area contributed by atoms with E-state index in [0.29, 0.717) is 5.56 Å². The molecule has 25 heavy (non-hydrogen) atoms. The van der Waals surface area contributed by atoms with Gasteiger partial charge in [-0.15, -0.1) is 0 Å². The molecule has 1 amide bonds. The summed E-state index contributed by atoms with van der Waals surface area (Å²) in [6.07, 6.45) is 1.66. The summed E-state index contributed by atoms with van der Waals surface area (Å²) in [4.78, 5) is 22.0. The van der Waals surface area contributed by atoms with Gasteiger partial charge in [0.25, 0.3) is 5.91 Å². The second kappa shape index (κ2) is 6.66. The first-order valence-corrected chi connectivity index (χ1v) is 8.33. The zero-order chi connectivity index (χ0) is 17.2. The lowest BCUT2D eigenvalue weighted by atomic mass is 10.1. The van der Waals surface area contributed by atoms with E-state index in [1.54, 1.807) is 18.5 Å². The molecule has 1 unspecified atom stereocenters. The maximum absolute atomic E-state index is 12.5. The molecule has 2 heterocycles. The van der Waals surface area contributed by atoms with E-state index < -0.39 is 0 Å². The van der Waals surface area contributed by atoms with E-state index >= 15 is 0 Å². The maximum Gasteiger partial charge on any atom is 0.255 e. The summed E-state index contributed by atoms with van der Waals surface area (Å²) in [5, 5.41) is 2.96. The molecule has 6 heteroatoms. The summed E-state index contributed by atoms with van der Waals surface area (Å²) in [6.45, 7) is 2.53. The van der Waals surface area contributed by atoms with Gasteiger partial charge in [0.05, 0.1) is 30.1 Å². The van der Waals surface area contributed by atoms with Crippen molar-refractivity contribution in [3.8, 4) is 0 Å². The number of aromatic nitrogens is 2. The van der Waals surface area contributed by atoms with E-state index in [1.165, 1.54) is 0 Å². The molecular formula is C19H20N4O2. The minimum atomic E-state index is -0.143. The first kappa shape index (κ1) is 15.8. The average Bonchev–Trinajstić information content (AvgIpc) is 3.09. The second-order valence-electron chi connectivity index (χ2n) is 6.34. The molecule has 1 aromatic heterocycles. The topological polar surface area (TPSA) is 70.2 Å². The van der Waals surface area contributed by atoms with Gasteiger partial charge in [-0.25, -0.2) is 4.98 Å². The van der Waals surface area contributed by atoms with E-state index in [1.807, 2.05) is 30.3 Å². The van der Waals surface area contributed by atoms with Gasteiger partial charge in [-0.3, -0.25) is 4.79 Å². The van der Waals surface area contributed by atoms with Crippen LogP contribution in [-0.4, -0.2) is 47.5 Å². The van der Waals surface area contributed by atoms with Gasteiger partial charge in [-0.1, -0.05) is 12.1 Å². The van der Waals surface area contributed by atoms with Crippen LogP contribution in [0.25, 0.3) is 11.0 Å². The third-order valence-electron chi connectivity index (χ3n) is 4.47. The normalized spacial score (nSPS) is 18.4. The minimum Gasteiger partial charge on any atom is -0.371 e. The molecule has 0 spiro atoms. The summed E-state index contributed by atoms with van der Waals surface area (Å²) in [5.41, 5.74) is 4.13. The second-order valence-corrected chi connectivity index (χ2v) is 6.34. The molecule has 4 rings (SSSR count). The fourth-order valence-electron chi connectivity index (χ4n) is 3.08. The molecule has 0 aliphatic carbocycles. The smallest absolute Gasteiger partial charge is 0.255 e. The molecular weight excluding hydrogens is 316 g/mol. The van der Waals surface area contributed by atoms with Crippen LogP contribution in [0.5, 0.6) is 0 Å². The lowest BCUT2D eigenvalue weighted by molar-refractivity contribution is -0.0208. The van der Waals surface area contributed by atoms with Gasteiger partial charge in [-0.05, 0) is 42.9 Å². The molecule has 0 saturated carbocycles. The van der Waals surface area contributed by atoms with Crippen LogP contribution in [0.15, 0.2) is 48.8 Å². The number of hydrogen-bond donors (Lipinski definition) is 2. The van der Waals surface area contributed by atoms with E-state index in [-0.39, 0.29) is 12.0 Å². The number of nitrogens with one attached hydrogen (secondary N) is 2. The molecule has 1 aliphatic rings. The SMILES string of the molecule is CN1CCOC(c2cccc(NC(=O)c3ccc4nc[nH]c4c3)c2)C1. The van der Waals surface area contributed by atoms with Gasteiger partial charge in [0.15, 0.2) is 0 Å². The molecule has 2 N–H and O–H groups in total. The largest absolute Gasteiger partial charge is 0.371 e. The standard InChI is InChI=1S/C19H20N4O2/c1-23-7-8-25-18(11-23)13-3-2-4-15(9-13)22-19(24)14-5-6-16-17(10-14)21-12-20-16/h2-6,9-10,12,18H,7-8,11H2,1H3,(H,20,21)(H,22,24). The maximum atomic E-state index is 12.5. The van der Waals surface area contributed by atoms with Crippen LogP contribution in [0.2, 0.25) is 0 Å². The van der Waals surface area contributed by atoms with Crippen molar-refractivity contribution in [2.24, 2.45) is 0 Å². The highest BCUT2D eigenvalue weighted by molar-refractivity contribution is 6.05. The Kier molecular flexibility index (Phi) is 4.21. The van der Waals surface area contributed by atoms with Crippen molar-refractivity contribution in [3.05, 3.63) is 59.9 Å². The number of rotatable bonds is 3. The third kappa shape index (κ3) is 3.40. The number of ether oxygens (including phenoxy) is 1. The van der Waals surface area contributed by atoms with Gasteiger partial charge in [0.2, 0.25) is 0 Å². The van der Waals surface area contributed by atoms with Crippen molar-refractivity contribution in [3.63, 3.8) is 0 Å². The number of anilines is 1. The fourth-order valence-corrected chi connectivity index (χ4v) is 3.08. The van der Waals surface area contributed by atoms with Gasteiger partial charge < -0.3 is 19.9 Å². The van der Waals surface area contributed by atoms with Crippen LogP contribution in [0, 0.1) is 0 Å². The molecule has 3 aromatic rings. The quantitative estimate of drug-likeness (QED) is 0.772. The molecule has 1 atom stereocenters. The monoisotopic (exact) mass is 336 g/mol. The molecule has 2 aromatic carbocycles. The van der Waals surface area contributed by atoms with Crippen molar-refractivity contribution < 1.29 is 9.53 Å². The fraction of sp³-hybridized carbons (Fsp3) is 0.263. The number of imidazole rings is 1. The minimum absolute atomic E-state index is 0.0388. The lowest BCUT2D eigenvalue weighted by Crippen LogP contribution is -2.35. The predicted octanol–water partition coefficient (Wildman–Crippen LogP) is 2.82. The van der Waals surface area contributed by atoms with Crippen LogP contribution in [0.1, 0.15) is 22.0 Å². The molecule has 1 aliphatic heterocycles. The Hall–Kier alpha value is -2.70. The van der Waals surface area contributed by atoms with Gasteiger partial charge >= 0.3 is 0 Å². The highest BCUT2D eigenvalue weighted by atomic mass is 16.5. The highest BCUT2D eigenvalue weighted by Crippen LogP contribution is 2.24. The Morgan fingerprint density at radius 1 is 1.32 bits per heavy atom. The molecule has 1 fully saturated rings. The summed E-state index contributed by atoms with van der Waals surface area (Å²) >= 11 is 0. The number of aromatic amines is 1. The summed E-state index contributed by atoms with van der Waals surface area (Å²) < 4.78 is 5.85. The van der Waals surface area contributed by atoms with Crippen LogP contribution in [-0.2, 0) is 4.74 Å². The van der Waals surface area contributed by atoms with Crippen molar-refractivity contribution in [1.29, 1.82) is 0 Å². The summed E-state index contributed by atoms with van der Waals surface area (Å²) in [6, 6.07) is 13.3. The Morgan fingerprint density at radius 3 is 3.12 bits per heavy atom. The van der Waals surface area contributed by atoms with E-state index in [0.717, 1.165) is 42.0 Å². The zero-order valence-corrected chi connectivity index (χ0v) is 14.0. The molecule has 1 saturated heterocycles. The van der Waals surface area contributed by atoms with Crippen LogP contribution in [0.3, 0.4) is 0 Å². The Balaban J connectivity index is 1.51. The van der Waals surface area contributed by atoms with Crippen molar-refractivity contribution in [2.45, 2.75) is 6.10 Å². The lowest BCUT2D eigenvalue weighted by Gasteiger charge is -2.30. The number of amides is 1. The number of morpholine rings is 1. The number of hydrogen-bond acceptors (Lipinski definition) is 4. The summed E-state index contributed by atoms with van der Waals surface area (Å²) in [5.74, 6) is -0.143. The van der Waals surface area contributed by atoms with Gasteiger partial charge in [0.1, 0.15) is 0 Å². The Morgan fingerprint density at radius 2 is 2.24 bits per heavy atom. The Labute approximate surface area is 145 Å². The van der Waals surface area contributed by atoms with Crippen molar-refractivity contribution in [2.75, 3.05) is 32.1 Å². The van der Waals surface area contributed by atoms with Crippen LogP contribution >= 0.6 is 0 Å².